The molecule has 16 heavy (non-hydrogen) atoms. The number of rotatable bonds is 7. The van der Waals surface area contributed by atoms with E-state index in [4.69, 9.17) is 5.11 Å². The van der Waals surface area contributed by atoms with Gasteiger partial charge in [-0.05, 0) is 20.4 Å². The van der Waals surface area contributed by atoms with Crippen molar-refractivity contribution in [2.45, 2.75) is 38.6 Å². The third-order valence-corrected chi connectivity index (χ3v) is 2.70. The average Bonchev–Trinajstić information content (AvgIpc) is 2.20. The summed E-state index contributed by atoms with van der Waals surface area (Å²) in [5.74, 6) is 0. The average molecular weight is 242 g/mol. The van der Waals surface area contributed by atoms with Crippen LogP contribution in [0.2, 0.25) is 0 Å². The third kappa shape index (κ3) is 6.30. The number of likely N-dealkylation sites (N-methyl/N-ethyl adjacent to an activating group) is 1. The molecule has 0 radical (unpaired) electrons. The lowest BCUT2D eigenvalue weighted by Crippen LogP contribution is -2.41. The van der Waals surface area contributed by atoms with E-state index in [0.717, 1.165) is 6.42 Å². The normalized spacial score (nSPS) is 16.5. The van der Waals surface area contributed by atoms with Crippen molar-refractivity contribution in [1.82, 2.24) is 10.2 Å². The van der Waals surface area contributed by atoms with Gasteiger partial charge >= 0.3 is 6.18 Å². The van der Waals surface area contributed by atoms with E-state index in [1.54, 1.807) is 0 Å². The fraction of sp³-hybridized carbons (Fsp3) is 1.00. The van der Waals surface area contributed by atoms with E-state index >= 15 is 0 Å². The zero-order chi connectivity index (χ0) is 12.8. The summed E-state index contributed by atoms with van der Waals surface area (Å²) in [5.41, 5.74) is 0. The maximum Gasteiger partial charge on any atom is 0.415 e. The molecule has 2 N–H and O–H groups in total. The Hall–Kier alpha value is -0.330. The molecule has 0 saturated heterocycles. The van der Waals surface area contributed by atoms with Crippen molar-refractivity contribution in [2.75, 3.05) is 26.7 Å². The number of hydrogen-bond donors (Lipinski definition) is 2. The minimum atomic E-state index is -4.53. The summed E-state index contributed by atoms with van der Waals surface area (Å²) in [6.07, 6.45) is -5.81. The fourth-order valence-corrected chi connectivity index (χ4v) is 1.14. The molecule has 2 atom stereocenters. The van der Waals surface area contributed by atoms with Gasteiger partial charge in [0.2, 0.25) is 0 Å². The smallest absolute Gasteiger partial charge is 0.382 e. The molecule has 6 heteroatoms. The van der Waals surface area contributed by atoms with Crippen molar-refractivity contribution in [1.29, 1.82) is 0 Å². The molecule has 0 bridgehead atoms. The summed E-state index contributed by atoms with van der Waals surface area (Å²) in [6, 6.07) is 0.411. The molecular formula is C10H21F3N2O. The minimum Gasteiger partial charge on any atom is -0.382 e. The lowest BCUT2D eigenvalue weighted by molar-refractivity contribution is -0.201. The first-order valence-electron chi connectivity index (χ1n) is 5.44. The van der Waals surface area contributed by atoms with Gasteiger partial charge in [0.25, 0.3) is 0 Å². The largest absolute Gasteiger partial charge is 0.415 e. The number of halogens is 3. The van der Waals surface area contributed by atoms with Crippen LogP contribution in [-0.2, 0) is 0 Å². The molecule has 2 unspecified atom stereocenters. The van der Waals surface area contributed by atoms with Gasteiger partial charge in [-0.15, -0.1) is 0 Å². The van der Waals surface area contributed by atoms with E-state index in [2.05, 4.69) is 24.1 Å². The van der Waals surface area contributed by atoms with Crippen molar-refractivity contribution >= 4 is 0 Å². The molecule has 0 amide bonds. The summed E-state index contributed by atoms with van der Waals surface area (Å²) in [7, 11) is 1.93. The standard InChI is InChI=1S/C10H21F3N2O/c1-4-8(2)15(3)6-5-14-7-9(16)10(11,12)13/h8-9,14,16H,4-7H2,1-3H3. The molecule has 98 valence electrons. The van der Waals surface area contributed by atoms with Gasteiger partial charge in [-0.25, -0.2) is 0 Å². The fourth-order valence-electron chi connectivity index (χ4n) is 1.14. The van der Waals surface area contributed by atoms with E-state index in [-0.39, 0.29) is 0 Å². The Morgan fingerprint density at radius 1 is 1.38 bits per heavy atom. The van der Waals surface area contributed by atoms with Crippen molar-refractivity contribution in [3.63, 3.8) is 0 Å². The highest BCUT2D eigenvalue weighted by atomic mass is 19.4. The maximum atomic E-state index is 11.9. The van der Waals surface area contributed by atoms with E-state index in [0.29, 0.717) is 19.1 Å². The van der Waals surface area contributed by atoms with Gasteiger partial charge in [-0.2, -0.15) is 13.2 Å². The van der Waals surface area contributed by atoms with Crippen molar-refractivity contribution in [2.24, 2.45) is 0 Å². The summed E-state index contributed by atoms with van der Waals surface area (Å²) >= 11 is 0. The van der Waals surface area contributed by atoms with Gasteiger partial charge in [0, 0.05) is 25.7 Å². The second-order valence-corrected chi connectivity index (χ2v) is 4.00. The van der Waals surface area contributed by atoms with Crippen LogP contribution in [0.15, 0.2) is 0 Å². The predicted molar refractivity (Wildman–Crippen MR) is 57.3 cm³/mol. The molecule has 0 fully saturated rings. The Kier molecular flexibility index (Phi) is 6.94. The van der Waals surface area contributed by atoms with Gasteiger partial charge in [0.05, 0.1) is 0 Å². The van der Waals surface area contributed by atoms with Crippen molar-refractivity contribution in [3.05, 3.63) is 0 Å². The SMILES string of the molecule is CCC(C)N(C)CCNCC(O)C(F)(F)F. The van der Waals surface area contributed by atoms with E-state index in [1.807, 2.05) is 7.05 Å². The lowest BCUT2D eigenvalue weighted by atomic mass is 10.2. The van der Waals surface area contributed by atoms with Crippen LogP contribution < -0.4 is 5.32 Å². The Labute approximate surface area is 94.6 Å². The Morgan fingerprint density at radius 2 is 1.94 bits per heavy atom. The van der Waals surface area contributed by atoms with E-state index < -0.39 is 18.8 Å². The van der Waals surface area contributed by atoms with Crippen molar-refractivity contribution in [3.8, 4) is 0 Å². The van der Waals surface area contributed by atoms with Crippen LogP contribution in [0, 0.1) is 0 Å². The molecular weight excluding hydrogens is 221 g/mol. The van der Waals surface area contributed by atoms with E-state index in [9.17, 15) is 13.2 Å². The topological polar surface area (TPSA) is 35.5 Å². The first kappa shape index (κ1) is 15.7. The summed E-state index contributed by atoms with van der Waals surface area (Å²) in [4.78, 5) is 2.06. The molecule has 0 rings (SSSR count). The highest BCUT2D eigenvalue weighted by Crippen LogP contribution is 2.18. The number of aliphatic hydroxyl groups excluding tert-OH is 1. The molecule has 3 nitrogen and oxygen atoms in total. The first-order chi connectivity index (χ1) is 7.29. The second kappa shape index (κ2) is 7.09. The predicted octanol–water partition coefficient (Wildman–Crippen LogP) is 1.23. The number of alkyl halides is 3. The van der Waals surface area contributed by atoms with Crippen LogP contribution in [0.3, 0.4) is 0 Å². The quantitative estimate of drug-likeness (QED) is 0.659. The molecule has 0 aliphatic heterocycles. The summed E-state index contributed by atoms with van der Waals surface area (Å²) < 4.78 is 35.8. The molecule has 0 aromatic carbocycles. The lowest BCUT2D eigenvalue weighted by Gasteiger charge is -2.24. The Balaban J connectivity index is 3.61. The molecule has 0 heterocycles. The zero-order valence-electron chi connectivity index (χ0n) is 10.0. The molecule has 0 aliphatic rings. The van der Waals surface area contributed by atoms with Crippen LogP contribution in [0.25, 0.3) is 0 Å². The Morgan fingerprint density at radius 3 is 2.38 bits per heavy atom. The Bertz CT molecular complexity index is 187. The van der Waals surface area contributed by atoms with Gasteiger partial charge < -0.3 is 15.3 Å². The van der Waals surface area contributed by atoms with Crippen molar-refractivity contribution < 1.29 is 18.3 Å². The van der Waals surface area contributed by atoms with Crippen LogP contribution in [-0.4, -0.2) is 55.0 Å². The molecule has 0 aromatic rings. The number of hydrogen-bond acceptors (Lipinski definition) is 3. The summed E-state index contributed by atoms with van der Waals surface area (Å²) in [6.45, 7) is 4.78. The van der Waals surface area contributed by atoms with Gasteiger partial charge in [-0.1, -0.05) is 6.92 Å². The third-order valence-electron chi connectivity index (χ3n) is 2.70. The molecule has 0 saturated carbocycles. The highest BCUT2D eigenvalue weighted by Gasteiger charge is 2.37. The number of aliphatic hydroxyl groups is 1. The second-order valence-electron chi connectivity index (χ2n) is 4.00. The van der Waals surface area contributed by atoms with Gasteiger partial charge in [-0.3, -0.25) is 0 Å². The molecule has 0 aliphatic carbocycles. The number of nitrogens with one attached hydrogen (secondary N) is 1. The van der Waals surface area contributed by atoms with Gasteiger partial charge in [0.1, 0.15) is 0 Å². The van der Waals surface area contributed by atoms with Gasteiger partial charge in [0.15, 0.2) is 6.10 Å². The maximum absolute atomic E-state index is 11.9. The molecule has 0 aromatic heterocycles. The summed E-state index contributed by atoms with van der Waals surface area (Å²) in [5, 5.41) is 11.3. The highest BCUT2D eigenvalue weighted by molar-refractivity contribution is 4.69. The van der Waals surface area contributed by atoms with Crippen LogP contribution >= 0.6 is 0 Å². The first-order valence-corrected chi connectivity index (χ1v) is 5.44. The van der Waals surface area contributed by atoms with E-state index in [1.165, 1.54) is 0 Å². The minimum absolute atomic E-state index is 0.411. The van der Waals surface area contributed by atoms with Crippen LogP contribution in [0.1, 0.15) is 20.3 Å². The monoisotopic (exact) mass is 242 g/mol. The number of nitrogens with zero attached hydrogens (tertiary/aromatic N) is 1. The zero-order valence-corrected chi connectivity index (χ0v) is 10.0. The van der Waals surface area contributed by atoms with Crippen LogP contribution in [0.5, 0.6) is 0 Å². The van der Waals surface area contributed by atoms with Crippen LogP contribution in [0.4, 0.5) is 13.2 Å². The molecule has 0 spiro atoms.